The fourth-order valence-electron chi connectivity index (χ4n) is 2.20. The molecule has 0 fully saturated rings. The van der Waals surface area contributed by atoms with Gasteiger partial charge in [-0.25, -0.2) is 13.1 Å². The minimum absolute atomic E-state index is 0.0187. The van der Waals surface area contributed by atoms with Gasteiger partial charge in [-0.2, -0.15) is 0 Å². The molecule has 7 nitrogen and oxygen atoms in total. The van der Waals surface area contributed by atoms with Crippen LogP contribution in [0.4, 0.5) is 6.01 Å². The second kappa shape index (κ2) is 5.62. The van der Waals surface area contributed by atoms with E-state index in [9.17, 15) is 8.42 Å². The Morgan fingerprint density at radius 2 is 1.96 bits per heavy atom. The van der Waals surface area contributed by atoms with Crippen LogP contribution in [0, 0.1) is 6.92 Å². The van der Waals surface area contributed by atoms with Gasteiger partial charge in [-0.3, -0.25) is 4.98 Å². The minimum atomic E-state index is -3.86. The Labute approximate surface area is 133 Å². The third-order valence-electron chi connectivity index (χ3n) is 3.38. The highest BCUT2D eigenvalue weighted by Gasteiger charge is 2.21. The number of pyridine rings is 1. The fraction of sp³-hybridized carbons (Fsp3) is 0.267. The maximum atomic E-state index is 12.6. The fourth-order valence-corrected chi connectivity index (χ4v) is 3.32. The molecule has 2 heterocycles. The molecule has 23 heavy (non-hydrogen) atoms. The molecule has 3 aromatic rings. The quantitative estimate of drug-likeness (QED) is 0.789. The second-order valence-corrected chi connectivity index (χ2v) is 7.14. The lowest BCUT2D eigenvalue weighted by Gasteiger charge is -2.09. The highest BCUT2D eigenvalue weighted by molar-refractivity contribution is 7.93. The van der Waals surface area contributed by atoms with E-state index in [0.717, 1.165) is 5.56 Å². The molecular weight excluding hydrogens is 316 g/mol. The van der Waals surface area contributed by atoms with Crippen molar-refractivity contribution in [1.82, 2.24) is 15.2 Å². The first kappa shape index (κ1) is 15.4. The first-order valence-corrected chi connectivity index (χ1v) is 8.57. The van der Waals surface area contributed by atoms with Gasteiger partial charge in [-0.1, -0.05) is 25.0 Å². The predicted octanol–water partition coefficient (Wildman–Crippen LogP) is 2.85. The van der Waals surface area contributed by atoms with Crippen molar-refractivity contribution in [2.45, 2.75) is 31.6 Å². The molecule has 0 aliphatic rings. The average molecular weight is 332 g/mol. The van der Waals surface area contributed by atoms with E-state index in [2.05, 4.69) is 19.9 Å². The van der Waals surface area contributed by atoms with E-state index in [1.165, 1.54) is 0 Å². The molecule has 0 saturated carbocycles. The van der Waals surface area contributed by atoms with Crippen LogP contribution in [-0.4, -0.2) is 23.6 Å². The van der Waals surface area contributed by atoms with Crippen molar-refractivity contribution in [2.75, 3.05) is 4.72 Å². The molecule has 0 saturated heterocycles. The lowest BCUT2D eigenvalue weighted by Crippen LogP contribution is -2.14. The van der Waals surface area contributed by atoms with E-state index in [1.54, 1.807) is 30.5 Å². The average Bonchev–Trinajstić information content (AvgIpc) is 2.95. The number of aromatic nitrogens is 3. The van der Waals surface area contributed by atoms with Crippen LogP contribution in [0.25, 0.3) is 10.9 Å². The summed E-state index contributed by atoms with van der Waals surface area (Å²) in [5.74, 6) is 0.392. The smallest absolute Gasteiger partial charge is 0.329 e. The number of hydrogen-bond acceptors (Lipinski definition) is 6. The van der Waals surface area contributed by atoms with Gasteiger partial charge in [0, 0.05) is 17.5 Å². The summed E-state index contributed by atoms with van der Waals surface area (Å²) in [6.07, 6.45) is 1.63. The number of fused-ring (bicyclic) bond motifs is 1. The molecule has 0 bridgehead atoms. The van der Waals surface area contributed by atoms with Gasteiger partial charge in [0.15, 0.2) is 0 Å². The number of nitrogens with zero attached hydrogens (tertiary/aromatic N) is 3. The SMILES string of the molecule is Cc1ccc(S(=O)(=O)Nc2nnc(C(C)C)o2)c2cccnc12. The minimum Gasteiger partial charge on any atom is -0.407 e. The van der Waals surface area contributed by atoms with Crippen LogP contribution in [0.5, 0.6) is 0 Å². The number of aryl methyl sites for hydroxylation is 1. The van der Waals surface area contributed by atoms with Gasteiger partial charge >= 0.3 is 6.01 Å². The Balaban J connectivity index is 2.04. The maximum Gasteiger partial charge on any atom is 0.329 e. The van der Waals surface area contributed by atoms with E-state index >= 15 is 0 Å². The molecule has 1 aromatic carbocycles. The van der Waals surface area contributed by atoms with Crippen molar-refractivity contribution < 1.29 is 12.8 Å². The van der Waals surface area contributed by atoms with Gasteiger partial charge in [-0.05, 0) is 30.7 Å². The van der Waals surface area contributed by atoms with Crippen molar-refractivity contribution in [3.05, 3.63) is 41.9 Å². The number of nitrogens with one attached hydrogen (secondary N) is 1. The zero-order valence-electron chi connectivity index (χ0n) is 12.9. The summed E-state index contributed by atoms with van der Waals surface area (Å²) in [6.45, 7) is 5.64. The third kappa shape index (κ3) is 2.89. The normalized spacial score (nSPS) is 12.0. The highest BCUT2D eigenvalue weighted by Crippen LogP contribution is 2.26. The predicted molar refractivity (Wildman–Crippen MR) is 85.7 cm³/mol. The van der Waals surface area contributed by atoms with Crippen molar-refractivity contribution in [3.8, 4) is 0 Å². The van der Waals surface area contributed by atoms with Gasteiger partial charge in [0.05, 0.1) is 10.4 Å². The Hall–Kier alpha value is -2.48. The Morgan fingerprint density at radius 1 is 1.17 bits per heavy atom. The van der Waals surface area contributed by atoms with Crippen molar-refractivity contribution in [3.63, 3.8) is 0 Å². The standard InChI is InChI=1S/C15H16N4O3S/c1-9(2)14-17-18-15(22-14)19-23(20,21)12-7-6-10(3)13-11(12)5-4-8-16-13/h4-9H,1-3H3,(H,18,19). The zero-order valence-corrected chi connectivity index (χ0v) is 13.8. The monoisotopic (exact) mass is 332 g/mol. The lowest BCUT2D eigenvalue weighted by atomic mass is 10.1. The van der Waals surface area contributed by atoms with Gasteiger partial charge < -0.3 is 4.42 Å². The molecule has 120 valence electrons. The lowest BCUT2D eigenvalue weighted by molar-refractivity contribution is 0.483. The van der Waals surface area contributed by atoms with Gasteiger partial charge in [0.25, 0.3) is 10.0 Å². The van der Waals surface area contributed by atoms with Crippen molar-refractivity contribution in [1.29, 1.82) is 0 Å². The number of sulfonamides is 1. The topological polar surface area (TPSA) is 98.0 Å². The van der Waals surface area contributed by atoms with Crippen LogP contribution in [0.1, 0.15) is 31.2 Å². The summed E-state index contributed by atoms with van der Waals surface area (Å²) in [5.41, 5.74) is 1.54. The molecule has 8 heteroatoms. The van der Waals surface area contributed by atoms with Gasteiger partial charge in [-0.15, -0.1) is 5.10 Å². The Morgan fingerprint density at radius 3 is 2.65 bits per heavy atom. The highest BCUT2D eigenvalue weighted by atomic mass is 32.2. The summed E-state index contributed by atoms with van der Waals surface area (Å²) in [4.78, 5) is 4.37. The molecule has 0 amide bonds. The molecule has 1 N–H and O–H groups in total. The second-order valence-electron chi connectivity index (χ2n) is 5.49. The van der Waals surface area contributed by atoms with Crippen molar-refractivity contribution in [2.24, 2.45) is 0 Å². The largest absolute Gasteiger partial charge is 0.407 e. The van der Waals surface area contributed by atoms with Crippen LogP contribution < -0.4 is 4.72 Å². The Kier molecular flexibility index (Phi) is 3.77. The van der Waals surface area contributed by atoms with Crippen LogP contribution in [-0.2, 0) is 10.0 Å². The summed E-state index contributed by atoms with van der Waals surface area (Å²) >= 11 is 0. The Bertz CT molecular complexity index is 964. The first-order chi connectivity index (χ1) is 10.9. The molecule has 0 radical (unpaired) electrons. The van der Waals surface area contributed by atoms with Crippen LogP contribution in [0.2, 0.25) is 0 Å². The molecule has 2 aromatic heterocycles. The van der Waals surface area contributed by atoms with E-state index in [-0.39, 0.29) is 16.8 Å². The number of rotatable bonds is 4. The van der Waals surface area contributed by atoms with E-state index < -0.39 is 10.0 Å². The van der Waals surface area contributed by atoms with E-state index in [1.807, 2.05) is 20.8 Å². The van der Waals surface area contributed by atoms with Gasteiger partial charge in [0.1, 0.15) is 0 Å². The molecule has 0 aliphatic carbocycles. The zero-order chi connectivity index (χ0) is 16.6. The molecule has 0 unspecified atom stereocenters. The number of benzene rings is 1. The number of anilines is 1. The van der Waals surface area contributed by atoms with Crippen LogP contribution in [0.3, 0.4) is 0 Å². The van der Waals surface area contributed by atoms with E-state index in [4.69, 9.17) is 4.42 Å². The van der Waals surface area contributed by atoms with Crippen LogP contribution in [0.15, 0.2) is 39.8 Å². The molecule has 0 spiro atoms. The number of hydrogen-bond donors (Lipinski definition) is 1. The van der Waals surface area contributed by atoms with Gasteiger partial charge in [0.2, 0.25) is 5.89 Å². The third-order valence-corrected chi connectivity index (χ3v) is 4.76. The first-order valence-electron chi connectivity index (χ1n) is 7.09. The summed E-state index contributed by atoms with van der Waals surface area (Å²) in [7, 11) is -3.86. The maximum absolute atomic E-state index is 12.6. The van der Waals surface area contributed by atoms with Crippen molar-refractivity contribution >= 4 is 26.9 Å². The van der Waals surface area contributed by atoms with E-state index in [0.29, 0.717) is 16.8 Å². The van der Waals surface area contributed by atoms with Crippen LogP contribution >= 0.6 is 0 Å². The molecule has 3 rings (SSSR count). The summed E-state index contributed by atoms with van der Waals surface area (Å²) < 4.78 is 32.9. The molecular formula is C15H16N4O3S. The molecule has 0 aliphatic heterocycles. The molecule has 0 atom stereocenters. The summed E-state index contributed by atoms with van der Waals surface area (Å²) in [6, 6.07) is 6.53. The summed E-state index contributed by atoms with van der Waals surface area (Å²) in [5, 5.41) is 8.08.